The van der Waals surface area contributed by atoms with Crippen molar-refractivity contribution >= 4 is 38.9 Å². The summed E-state index contributed by atoms with van der Waals surface area (Å²) in [5.74, 6) is -0.201. The summed E-state index contributed by atoms with van der Waals surface area (Å²) in [4.78, 5) is 24.0. The third-order valence-electron chi connectivity index (χ3n) is 5.52. The van der Waals surface area contributed by atoms with E-state index in [1.54, 1.807) is 55.5 Å². The van der Waals surface area contributed by atoms with Crippen LogP contribution in [0.5, 0.6) is 11.5 Å². The van der Waals surface area contributed by atoms with Crippen molar-refractivity contribution in [2.45, 2.75) is 25.7 Å². The van der Waals surface area contributed by atoms with Gasteiger partial charge in [0.15, 0.2) is 11.5 Å². The Morgan fingerprint density at radius 3 is 2.11 bits per heavy atom. The van der Waals surface area contributed by atoms with E-state index in [0.29, 0.717) is 28.4 Å². The van der Waals surface area contributed by atoms with E-state index < -0.39 is 22.5 Å². The predicted octanol–water partition coefficient (Wildman–Crippen LogP) is 3.71. The van der Waals surface area contributed by atoms with Gasteiger partial charge in [-0.05, 0) is 55.8 Å². The molecule has 0 bridgehead atoms. The Hall–Kier alpha value is -4.38. The standard InChI is InChI=1S/C27H30N4O6S/c1-18-6-12-23(13-7-18)31(38(34,35)24-14-15-25(36-4)26(16-24)37-5)17-27(33)30-29-19(2)21-8-10-22(11-9-21)28-20(3)32/h6-16H,17H2,1-5H3,(H,28,32)(H,30,33). The molecule has 0 saturated heterocycles. The van der Waals surface area contributed by atoms with E-state index in [2.05, 4.69) is 15.8 Å². The lowest BCUT2D eigenvalue weighted by molar-refractivity contribution is -0.119. The number of anilines is 2. The van der Waals surface area contributed by atoms with Crippen LogP contribution in [0.25, 0.3) is 0 Å². The van der Waals surface area contributed by atoms with Crippen LogP contribution in [-0.2, 0) is 19.6 Å². The number of ether oxygens (including phenoxy) is 2. The largest absolute Gasteiger partial charge is 0.493 e. The first-order chi connectivity index (χ1) is 18.0. The van der Waals surface area contributed by atoms with Gasteiger partial charge in [0.25, 0.3) is 15.9 Å². The monoisotopic (exact) mass is 538 g/mol. The summed E-state index contributed by atoms with van der Waals surface area (Å²) < 4.78 is 38.8. The number of benzene rings is 3. The molecule has 2 N–H and O–H groups in total. The van der Waals surface area contributed by atoms with Gasteiger partial charge >= 0.3 is 0 Å². The Kier molecular flexibility index (Phi) is 9.08. The molecule has 200 valence electrons. The third kappa shape index (κ3) is 6.88. The third-order valence-corrected chi connectivity index (χ3v) is 7.29. The van der Waals surface area contributed by atoms with E-state index in [1.165, 1.54) is 39.3 Å². The molecule has 0 atom stereocenters. The van der Waals surface area contributed by atoms with Crippen LogP contribution in [0, 0.1) is 6.92 Å². The molecule has 3 aromatic carbocycles. The maximum Gasteiger partial charge on any atom is 0.264 e. The Balaban J connectivity index is 1.86. The number of sulfonamides is 1. The van der Waals surface area contributed by atoms with E-state index in [4.69, 9.17) is 9.47 Å². The van der Waals surface area contributed by atoms with Crippen molar-refractivity contribution in [3.05, 3.63) is 77.9 Å². The first-order valence-electron chi connectivity index (χ1n) is 11.6. The summed E-state index contributed by atoms with van der Waals surface area (Å²) in [6, 6.07) is 17.9. The van der Waals surface area contributed by atoms with Gasteiger partial charge < -0.3 is 14.8 Å². The fourth-order valence-corrected chi connectivity index (χ4v) is 4.94. The second kappa shape index (κ2) is 12.2. The van der Waals surface area contributed by atoms with Crippen LogP contribution in [0.2, 0.25) is 0 Å². The normalized spacial score (nSPS) is 11.4. The molecule has 3 rings (SSSR count). The highest BCUT2D eigenvalue weighted by atomic mass is 32.2. The number of nitrogens with one attached hydrogen (secondary N) is 2. The average Bonchev–Trinajstić information content (AvgIpc) is 2.90. The van der Waals surface area contributed by atoms with Crippen LogP contribution < -0.4 is 24.5 Å². The quantitative estimate of drug-likeness (QED) is 0.299. The Morgan fingerprint density at radius 2 is 1.53 bits per heavy atom. The van der Waals surface area contributed by atoms with Crippen LogP contribution in [-0.4, -0.2) is 46.7 Å². The zero-order chi connectivity index (χ0) is 27.9. The molecule has 0 aliphatic heterocycles. The molecule has 3 aromatic rings. The number of nitrogens with zero attached hydrogens (tertiary/aromatic N) is 2. The molecule has 10 nitrogen and oxygen atoms in total. The predicted molar refractivity (Wildman–Crippen MR) is 146 cm³/mol. The summed E-state index contributed by atoms with van der Waals surface area (Å²) >= 11 is 0. The van der Waals surface area contributed by atoms with Crippen LogP contribution in [0.4, 0.5) is 11.4 Å². The zero-order valence-electron chi connectivity index (χ0n) is 21.8. The number of carbonyl (C=O) groups excluding carboxylic acids is 2. The molecule has 38 heavy (non-hydrogen) atoms. The Bertz CT molecular complexity index is 1440. The van der Waals surface area contributed by atoms with Gasteiger partial charge in [0, 0.05) is 18.7 Å². The van der Waals surface area contributed by atoms with E-state index >= 15 is 0 Å². The van der Waals surface area contributed by atoms with Crippen molar-refractivity contribution in [3.63, 3.8) is 0 Å². The van der Waals surface area contributed by atoms with Gasteiger partial charge in [-0.2, -0.15) is 5.10 Å². The molecular weight excluding hydrogens is 508 g/mol. The first kappa shape index (κ1) is 28.2. The number of rotatable bonds is 10. The van der Waals surface area contributed by atoms with E-state index in [0.717, 1.165) is 9.87 Å². The van der Waals surface area contributed by atoms with Crippen LogP contribution in [0.1, 0.15) is 25.0 Å². The van der Waals surface area contributed by atoms with E-state index in [1.807, 2.05) is 6.92 Å². The molecule has 0 aromatic heterocycles. The van der Waals surface area contributed by atoms with Crippen molar-refractivity contribution in [2.24, 2.45) is 5.10 Å². The lowest BCUT2D eigenvalue weighted by atomic mass is 10.1. The fraction of sp³-hybridized carbons (Fsp3) is 0.222. The summed E-state index contributed by atoms with van der Waals surface area (Å²) in [5, 5.41) is 6.80. The molecule has 0 unspecified atom stereocenters. The lowest BCUT2D eigenvalue weighted by Gasteiger charge is -2.24. The van der Waals surface area contributed by atoms with Crippen LogP contribution in [0.15, 0.2) is 76.7 Å². The van der Waals surface area contributed by atoms with Crippen LogP contribution >= 0.6 is 0 Å². The number of aryl methyl sites for hydroxylation is 1. The SMILES string of the molecule is COc1ccc(S(=O)(=O)N(CC(=O)NN=C(C)c2ccc(NC(C)=O)cc2)c2ccc(C)cc2)cc1OC. The van der Waals surface area contributed by atoms with Gasteiger partial charge in [0.2, 0.25) is 5.91 Å². The summed E-state index contributed by atoms with van der Waals surface area (Å²) in [5.41, 5.74) is 5.53. The highest BCUT2D eigenvalue weighted by Gasteiger charge is 2.28. The molecule has 0 aliphatic rings. The smallest absolute Gasteiger partial charge is 0.264 e. The van der Waals surface area contributed by atoms with Crippen molar-refractivity contribution in [3.8, 4) is 11.5 Å². The maximum absolute atomic E-state index is 13.7. The maximum atomic E-state index is 13.7. The molecule has 0 aliphatic carbocycles. The van der Waals surface area contributed by atoms with Gasteiger partial charge in [0.1, 0.15) is 6.54 Å². The minimum atomic E-state index is -4.17. The molecule has 0 spiro atoms. The fourth-order valence-electron chi connectivity index (χ4n) is 3.50. The molecule has 11 heteroatoms. The molecule has 0 fully saturated rings. The van der Waals surface area contributed by atoms with Gasteiger partial charge in [-0.1, -0.05) is 29.8 Å². The average molecular weight is 539 g/mol. The van der Waals surface area contributed by atoms with Crippen molar-refractivity contribution in [1.82, 2.24) is 5.43 Å². The van der Waals surface area contributed by atoms with E-state index in [-0.39, 0.29) is 16.6 Å². The van der Waals surface area contributed by atoms with Crippen LogP contribution in [0.3, 0.4) is 0 Å². The number of hydrogen-bond donors (Lipinski definition) is 2. The topological polar surface area (TPSA) is 126 Å². The minimum absolute atomic E-state index is 0.0672. The Morgan fingerprint density at radius 1 is 0.895 bits per heavy atom. The molecule has 2 amide bonds. The highest BCUT2D eigenvalue weighted by molar-refractivity contribution is 7.92. The first-order valence-corrected chi connectivity index (χ1v) is 13.0. The van der Waals surface area contributed by atoms with Crippen molar-refractivity contribution in [1.29, 1.82) is 0 Å². The summed E-state index contributed by atoms with van der Waals surface area (Å²) in [6.45, 7) is 4.48. The second-order valence-corrected chi connectivity index (χ2v) is 10.2. The number of methoxy groups -OCH3 is 2. The van der Waals surface area contributed by atoms with E-state index in [9.17, 15) is 18.0 Å². The lowest BCUT2D eigenvalue weighted by Crippen LogP contribution is -2.39. The highest BCUT2D eigenvalue weighted by Crippen LogP contribution is 2.32. The second-order valence-electron chi connectivity index (χ2n) is 8.35. The molecular formula is C27H30N4O6S. The van der Waals surface area contributed by atoms with Gasteiger partial charge in [-0.15, -0.1) is 0 Å². The molecule has 0 radical (unpaired) electrons. The number of hydrogen-bond acceptors (Lipinski definition) is 7. The minimum Gasteiger partial charge on any atom is -0.493 e. The van der Waals surface area contributed by atoms with Gasteiger partial charge in [-0.25, -0.2) is 13.8 Å². The number of amides is 2. The summed E-state index contributed by atoms with van der Waals surface area (Å²) in [7, 11) is -1.31. The number of carbonyl (C=O) groups is 2. The van der Waals surface area contributed by atoms with Crippen molar-refractivity contribution < 1.29 is 27.5 Å². The Labute approximate surface area is 222 Å². The zero-order valence-corrected chi connectivity index (χ0v) is 22.6. The summed E-state index contributed by atoms with van der Waals surface area (Å²) in [6.07, 6.45) is 0. The van der Waals surface area contributed by atoms with Gasteiger partial charge in [-0.3, -0.25) is 13.9 Å². The number of hydrazone groups is 1. The van der Waals surface area contributed by atoms with Crippen molar-refractivity contribution in [2.75, 3.05) is 30.4 Å². The van der Waals surface area contributed by atoms with Gasteiger partial charge in [0.05, 0.1) is 30.5 Å². The molecule has 0 saturated carbocycles. The molecule has 0 heterocycles.